The van der Waals surface area contributed by atoms with Crippen molar-refractivity contribution in [1.29, 1.82) is 0 Å². The molecule has 10 nitrogen and oxygen atoms in total. The fourth-order valence-electron chi connectivity index (χ4n) is 4.29. The molecule has 33 heavy (non-hydrogen) atoms. The van der Waals surface area contributed by atoms with Gasteiger partial charge in [-0.2, -0.15) is 4.31 Å². The summed E-state index contributed by atoms with van der Waals surface area (Å²) in [7, 11) is -1.30. The molecule has 13 heteroatoms. The summed E-state index contributed by atoms with van der Waals surface area (Å²) in [5.74, 6) is -2.36. The Morgan fingerprint density at radius 2 is 2.09 bits per heavy atom. The number of nitrogens with two attached hydrogens (primary N) is 1. The summed E-state index contributed by atoms with van der Waals surface area (Å²) in [6, 6.07) is 4.64. The Morgan fingerprint density at radius 1 is 1.36 bits per heavy atom. The summed E-state index contributed by atoms with van der Waals surface area (Å²) in [5, 5.41) is 4.27. The van der Waals surface area contributed by atoms with Crippen LogP contribution in [-0.2, 0) is 20.3 Å². The number of hydrogen-bond donors (Lipinski definition) is 3. The van der Waals surface area contributed by atoms with E-state index in [0.717, 1.165) is 16.4 Å². The zero-order valence-corrected chi connectivity index (χ0v) is 18.8. The molecule has 0 saturated carbocycles. The van der Waals surface area contributed by atoms with E-state index in [1.807, 2.05) is 0 Å². The van der Waals surface area contributed by atoms with Crippen molar-refractivity contribution in [3.8, 4) is 5.75 Å². The number of halogens is 2. The number of ether oxygens (including phenoxy) is 2. The Bertz CT molecular complexity index is 1210. The van der Waals surface area contributed by atoms with E-state index in [4.69, 9.17) is 15.2 Å². The normalized spacial score (nSPS) is 28.8. The Balaban J connectivity index is 1.72. The van der Waals surface area contributed by atoms with Crippen molar-refractivity contribution in [2.24, 2.45) is 5.73 Å². The van der Waals surface area contributed by atoms with Gasteiger partial charge in [0.05, 0.1) is 31.6 Å². The Morgan fingerprint density at radius 3 is 2.76 bits per heavy atom. The molecule has 2 aliphatic rings. The maximum Gasteiger partial charge on any atom is 0.277 e. The second kappa shape index (κ2) is 8.25. The molecule has 2 fully saturated rings. The summed E-state index contributed by atoms with van der Waals surface area (Å²) < 4.78 is 67.0. The number of rotatable bonds is 4. The number of methoxy groups -OCH3 is 1. The fourth-order valence-corrected chi connectivity index (χ4v) is 6.35. The molecule has 0 bridgehead atoms. The molecule has 0 spiro atoms. The topological polar surface area (TPSA) is 136 Å². The van der Waals surface area contributed by atoms with Crippen molar-refractivity contribution in [1.82, 2.24) is 14.6 Å². The van der Waals surface area contributed by atoms with Crippen molar-refractivity contribution in [2.45, 2.75) is 30.1 Å². The number of carbonyl (C=O) groups is 1. The highest BCUT2D eigenvalue weighted by molar-refractivity contribution is 7.89. The fraction of sp³-hybridized carbons (Fsp3) is 0.400. The van der Waals surface area contributed by atoms with Gasteiger partial charge in [0, 0.05) is 24.4 Å². The predicted molar refractivity (Wildman–Crippen MR) is 114 cm³/mol. The average Bonchev–Trinajstić information content (AvgIpc) is 3.11. The number of hydrogen-bond acceptors (Lipinski definition) is 8. The maximum absolute atomic E-state index is 15.1. The third-order valence-corrected chi connectivity index (χ3v) is 8.43. The van der Waals surface area contributed by atoms with Crippen LogP contribution in [0.1, 0.15) is 23.0 Å². The predicted octanol–water partition coefficient (Wildman–Crippen LogP) is 0.710. The zero-order chi connectivity index (χ0) is 24.1. The van der Waals surface area contributed by atoms with Crippen LogP contribution in [0, 0.1) is 11.6 Å². The summed E-state index contributed by atoms with van der Waals surface area (Å²) in [6.45, 7) is 1.42. The van der Waals surface area contributed by atoms with E-state index in [0.29, 0.717) is 0 Å². The summed E-state index contributed by atoms with van der Waals surface area (Å²) >= 11 is 0. The minimum absolute atomic E-state index is 0.0510. The molecule has 2 aliphatic heterocycles. The van der Waals surface area contributed by atoms with Crippen molar-refractivity contribution < 1.29 is 31.5 Å². The molecule has 4 atom stereocenters. The molecular weight excluding hydrogens is 460 g/mol. The van der Waals surface area contributed by atoms with E-state index in [2.05, 4.69) is 15.6 Å². The van der Waals surface area contributed by atoms with Crippen molar-refractivity contribution in [2.75, 3.05) is 26.1 Å². The van der Waals surface area contributed by atoms with Gasteiger partial charge >= 0.3 is 0 Å². The Labute approximate surface area is 189 Å². The van der Waals surface area contributed by atoms with Crippen molar-refractivity contribution in [3.63, 3.8) is 0 Å². The summed E-state index contributed by atoms with van der Waals surface area (Å²) in [6.07, 6.45) is -0.702. The lowest BCUT2D eigenvalue weighted by Gasteiger charge is -2.46. The molecule has 3 heterocycles. The monoisotopic (exact) mass is 483 g/mol. The molecule has 2 aromatic rings. The average molecular weight is 483 g/mol. The number of carbonyl (C=O) groups excluding carboxylic acids is 1. The lowest BCUT2D eigenvalue weighted by atomic mass is 9.86. The molecule has 4 rings (SSSR count). The Kier molecular flexibility index (Phi) is 5.87. The molecule has 4 unspecified atom stereocenters. The van der Waals surface area contributed by atoms with Crippen LogP contribution in [0.25, 0.3) is 0 Å². The van der Waals surface area contributed by atoms with Crippen LogP contribution in [0.3, 0.4) is 0 Å². The first-order valence-corrected chi connectivity index (χ1v) is 11.4. The molecule has 2 saturated heterocycles. The minimum Gasteiger partial charge on any atom is -0.495 e. The molecule has 178 valence electrons. The number of sulfonamides is 1. The summed E-state index contributed by atoms with van der Waals surface area (Å²) in [4.78, 5) is 16.3. The van der Waals surface area contributed by atoms with Crippen LogP contribution in [-0.4, -0.2) is 62.0 Å². The number of amides is 1. The van der Waals surface area contributed by atoms with Gasteiger partial charge in [0.2, 0.25) is 10.0 Å². The van der Waals surface area contributed by atoms with Gasteiger partial charge in [-0.1, -0.05) is 0 Å². The SMILES string of the molecule is COc1cnc(C(=O)Nc2ccc(F)c(C34COC(C)C3S(=O)(=O)N(C)C(N)N4)c2)c(F)c1. The van der Waals surface area contributed by atoms with E-state index < -0.39 is 56.4 Å². The highest BCUT2D eigenvalue weighted by Gasteiger charge is 2.62. The Hall–Kier alpha value is -2.71. The van der Waals surface area contributed by atoms with Gasteiger partial charge in [-0.25, -0.2) is 22.2 Å². The van der Waals surface area contributed by atoms with Crippen molar-refractivity contribution in [3.05, 3.63) is 53.4 Å². The molecule has 1 aromatic carbocycles. The van der Waals surface area contributed by atoms with Crippen LogP contribution in [0.5, 0.6) is 5.75 Å². The quantitative estimate of drug-likeness (QED) is 0.579. The largest absolute Gasteiger partial charge is 0.495 e. The maximum atomic E-state index is 15.1. The number of anilines is 1. The van der Waals surface area contributed by atoms with Gasteiger partial charge in [-0.05, 0) is 25.1 Å². The van der Waals surface area contributed by atoms with E-state index in [1.54, 1.807) is 6.92 Å². The van der Waals surface area contributed by atoms with Crippen molar-refractivity contribution >= 4 is 21.6 Å². The molecule has 1 amide bonds. The van der Waals surface area contributed by atoms with E-state index >= 15 is 4.39 Å². The van der Waals surface area contributed by atoms with E-state index in [9.17, 15) is 17.6 Å². The third kappa shape index (κ3) is 3.75. The van der Waals surface area contributed by atoms with E-state index in [-0.39, 0.29) is 23.6 Å². The standard InChI is InChI=1S/C20H23F2N5O5S/c1-10-17-20(9-32-10,26-19(23)27(2)33(17,29)30)13-6-11(4-5-14(13)21)25-18(28)16-15(22)7-12(31-3)8-24-16/h4-8,10,17,19,26H,9,23H2,1-3H3,(H,25,28). The third-order valence-electron chi connectivity index (χ3n) is 5.98. The van der Waals surface area contributed by atoms with Gasteiger partial charge in [-0.15, -0.1) is 0 Å². The minimum atomic E-state index is -3.96. The number of benzene rings is 1. The van der Waals surface area contributed by atoms with E-state index in [1.165, 1.54) is 32.5 Å². The molecule has 4 N–H and O–H groups in total. The van der Waals surface area contributed by atoms with Gasteiger partial charge < -0.3 is 20.5 Å². The molecular formula is C20H23F2N5O5S. The number of nitrogens with zero attached hydrogens (tertiary/aromatic N) is 2. The van der Waals surface area contributed by atoms with Crippen LogP contribution < -0.4 is 21.1 Å². The molecule has 1 aromatic heterocycles. The second-order valence-corrected chi connectivity index (χ2v) is 10.0. The lowest BCUT2D eigenvalue weighted by Crippen LogP contribution is -2.72. The number of fused-ring (bicyclic) bond motifs is 1. The van der Waals surface area contributed by atoms with Crippen LogP contribution in [0.4, 0.5) is 14.5 Å². The first-order chi connectivity index (χ1) is 15.5. The van der Waals surface area contributed by atoms with Crippen LogP contribution in [0.15, 0.2) is 30.5 Å². The molecule has 0 aliphatic carbocycles. The number of aromatic nitrogens is 1. The smallest absolute Gasteiger partial charge is 0.277 e. The van der Waals surface area contributed by atoms with Gasteiger partial charge in [0.15, 0.2) is 11.5 Å². The summed E-state index contributed by atoms with van der Waals surface area (Å²) in [5.41, 5.74) is 4.05. The van der Waals surface area contributed by atoms with Gasteiger partial charge in [-0.3, -0.25) is 10.1 Å². The zero-order valence-electron chi connectivity index (χ0n) is 18.0. The number of pyridine rings is 1. The van der Waals surface area contributed by atoms with Crippen LogP contribution >= 0.6 is 0 Å². The number of nitrogens with one attached hydrogen (secondary N) is 2. The highest BCUT2D eigenvalue weighted by atomic mass is 32.2. The van der Waals surface area contributed by atoms with Gasteiger partial charge in [0.25, 0.3) is 5.91 Å². The first kappa shape index (κ1) is 23.4. The second-order valence-electron chi connectivity index (χ2n) is 7.91. The van der Waals surface area contributed by atoms with Gasteiger partial charge in [0.1, 0.15) is 23.1 Å². The lowest BCUT2D eigenvalue weighted by molar-refractivity contribution is 0.101. The highest BCUT2D eigenvalue weighted by Crippen LogP contribution is 2.44. The first-order valence-electron chi connectivity index (χ1n) is 9.94. The van der Waals surface area contributed by atoms with Crippen LogP contribution in [0.2, 0.25) is 0 Å². The molecule has 0 radical (unpaired) electrons.